The molecule has 0 radical (unpaired) electrons. The van der Waals surface area contributed by atoms with E-state index in [4.69, 9.17) is 4.74 Å². The molecule has 2 aliphatic rings. The van der Waals surface area contributed by atoms with E-state index < -0.39 is 4.92 Å². The van der Waals surface area contributed by atoms with E-state index in [0.717, 1.165) is 32.1 Å². The molecule has 124 valence electrons. The Morgan fingerprint density at radius 3 is 2.74 bits per heavy atom. The van der Waals surface area contributed by atoms with Crippen LogP contribution in [0.1, 0.15) is 49.4 Å². The Kier molecular flexibility index (Phi) is 4.35. The van der Waals surface area contributed by atoms with Gasteiger partial charge in [-0.1, -0.05) is 25.0 Å². The van der Waals surface area contributed by atoms with Gasteiger partial charge in [0.15, 0.2) is 0 Å². The van der Waals surface area contributed by atoms with Crippen LogP contribution in [-0.2, 0) is 4.74 Å². The summed E-state index contributed by atoms with van der Waals surface area (Å²) in [6.07, 6.45) is 5.41. The number of nitrogens with one attached hydrogen (secondary N) is 1. The number of carbonyl (C=O) groups is 1. The molecule has 0 heterocycles. The molecule has 1 N–H and O–H groups in total. The molecule has 1 aromatic carbocycles. The lowest BCUT2D eigenvalue weighted by Crippen LogP contribution is -2.63. The van der Waals surface area contributed by atoms with Crippen LogP contribution >= 0.6 is 0 Å². The minimum absolute atomic E-state index is 0.0230. The van der Waals surface area contributed by atoms with Crippen LogP contribution in [0.5, 0.6) is 0 Å². The van der Waals surface area contributed by atoms with E-state index >= 15 is 0 Å². The molecule has 2 fully saturated rings. The summed E-state index contributed by atoms with van der Waals surface area (Å²) in [7, 11) is 0. The molecule has 1 spiro atoms. The molecule has 6 heteroatoms. The van der Waals surface area contributed by atoms with Crippen molar-refractivity contribution in [1.29, 1.82) is 0 Å². The Labute approximate surface area is 135 Å². The zero-order valence-corrected chi connectivity index (χ0v) is 13.3. The first-order chi connectivity index (χ1) is 11.1. The van der Waals surface area contributed by atoms with Crippen LogP contribution in [0.2, 0.25) is 0 Å². The Bertz CT molecular complexity index is 610. The predicted octanol–water partition coefficient (Wildman–Crippen LogP) is 3.06. The lowest BCUT2D eigenvalue weighted by Gasteiger charge is -2.54. The van der Waals surface area contributed by atoms with Crippen molar-refractivity contribution < 1.29 is 14.5 Å². The number of nitro benzene ring substituents is 1. The van der Waals surface area contributed by atoms with Gasteiger partial charge in [-0.15, -0.1) is 0 Å². The van der Waals surface area contributed by atoms with Crippen molar-refractivity contribution in [2.24, 2.45) is 5.41 Å². The van der Waals surface area contributed by atoms with Gasteiger partial charge in [0.05, 0.1) is 11.0 Å². The molecule has 1 amide bonds. The quantitative estimate of drug-likeness (QED) is 0.668. The third-order valence-corrected chi connectivity index (χ3v) is 5.34. The Balaban J connectivity index is 1.75. The number of rotatable bonds is 5. The highest BCUT2D eigenvalue weighted by Crippen LogP contribution is 2.54. The molecule has 6 nitrogen and oxygen atoms in total. The second-order valence-corrected chi connectivity index (χ2v) is 6.42. The van der Waals surface area contributed by atoms with Crippen molar-refractivity contribution in [1.82, 2.24) is 5.32 Å². The summed E-state index contributed by atoms with van der Waals surface area (Å²) in [6, 6.07) is 6.14. The van der Waals surface area contributed by atoms with E-state index in [9.17, 15) is 14.9 Å². The number of para-hydroxylation sites is 1. The van der Waals surface area contributed by atoms with Gasteiger partial charge in [-0.05, 0) is 32.3 Å². The van der Waals surface area contributed by atoms with Crippen molar-refractivity contribution in [2.75, 3.05) is 6.61 Å². The maximum atomic E-state index is 12.5. The van der Waals surface area contributed by atoms with E-state index in [0.29, 0.717) is 6.61 Å². The van der Waals surface area contributed by atoms with E-state index in [-0.39, 0.29) is 34.7 Å². The average molecular weight is 318 g/mol. The topological polar surface area (TPSA) is 81.5 Å². The summed E-state index contributed by atoms with van der Waals surface area (Å²) < 4.78 is 5.84. The molecule has 2 saturated carbocycles. The third-order valence-electron chi connectivity index (χ3n) is 5.34. The summed E-state index contributed by atoms with van der Waals surface area (Å²) >= 11 is 0. The Morgan fingerprint density at radius 2 is 2.09 bits per heavy atom. The first-order valence-corrected chi connectivity index (χ1v) is 8.24. The molecule has 2 aliphatic carbocycles. The normalized spacial score (nSPS) is 25.1. The number of carbonyl (C=O) groups excluding carboxylic acids is 1. The van der Waals surface area contributed by atoms with Crippen LogP contribution < -0.4 is 5.32 Å². The first kappa shape index (κ1) is 15.9. The molecular formula is C17H22N2O4. The summed E-state index contributed by atoms with van der Waals surface area (Å²) in [5, 5.41) is 14.1. The molecule has 0 saturated heterocycles. The second-order valence-electron chi connectivity index (χ2n) is 6.42. The number of hydrogen-bond acceptors (Lipinski definition) is 4. The van der Waals surface area contributed by atoms with Crippen molar-refractivity contribution in [3.63, 3.8) is 0 Å². The Morgan fingerprint density at radius 1 is 1.39 bits per heavy atom. The van der Waals surface area contributed by atoms with Crippen molar-refractivity contribution in [3.8, 4) is 0 Å². The maximum Gasteiger partial charge on any atom is 0.282 e. The van der Waals surface area contributed by atoms with E-state index in [2.05, 4.69) is 5.32 Å². The number of nitrogens with zero attached hydrogens (tertiary/aromatic N) is 1. The van der Waals surface area contributed by atoms with E-state index in [1.165, 1.54) is 12.1 Å². The van der Waals surface area contributed by atoms with E-state index in [1.54, 1.807) is 12.1 Å². The summed E-state index contributed by atoms with van der Waals surface area (Å²) in [6.45, 7) is 2.67. The fraction of sp³-hybridized carbons (Fsp3) is 0.588. The highest BCUT2D eigenvalue weighted by atomic mass is 16.6. The fourth-order valence-corrected chi connectivity index (χ4v) is 4.15. The highest BCUT2D eigenvalue weighted by Gasteiger charge is 2.57. The van der Waals surface area contributed by atoms with Crippen molar-refractivity contribution in [2.45, 2.75) is 51.2 Å². The Hall–Kier alpha value is -1.95. The van der Waals surface area contributed by atoms with Crippen LogP contribution in [0.15, 0.2) is 24.3 Å². The molecule has 0 aliphatic heterocycles. The molecule has 3 rings (SSSR count). The number of hydrogen-bond donors (Lipinski definition) is 1. The van der Waals surface area contributed by atoms with Crippen LogP contribution in [0.25, 0.3) is 0 Å². The summed E-state index contributed by atoms with van der Waals surface area (Å²) in [5.74, 6) is -0.358. The lowest BCUT2D eigenvalue weighted by atomic mass is 9.60. The summed E-state index contributed by atoms with van der Waals surface area (Å²) in [5.41, 5.74) is 0.00606. The maximum absolute atomic E-state index is 12.5. The van der Waals surface area contributed by atoms with Crippen LogP contribution in [-0.4, -0.2) is 29.6 Å². The number of ether oxygens (including phenoxy) is 1. The molecule has 0 aromatic heterocycles. The average Bonchev–Trinajstić information content (AvgIpc) is 3.06. The minimum atomic E-state index is -0.510. The van der Waals surface area contributed by atoms with Crippen LogP contribution in [0.4, 0.5) is 5.69 Å². The molecule has 1 aromatic rings. The molecule has 2 atom stereocenters. The second kappa shape index (κ2) is 6.28. The standard InChI is InChI=1S/C17H22N2O4/c1-2-23-15-11-14(17(15)9-5-6-10-17)18-16(20)12-7-3-4-8-13(12)19(21)22/h3-4,7-8,14-15H,2,5-6,9-11H2,1H3,(H,18,20)/t14-,15+/m1/s1. The predicted molar refractivity (Wildman–Crippen MR) is 85.3 cm³/mol. The molecule has 0 bridgehead atoms. The zero-order valence-electron chi connectivity index (χ0n) is 13.3. The van der Waals surface area contributed by atoms with Gasteiger partial charge < -0.3 is 10.1 Å². The number of benzene rings is 1. The van der Waals surface area contributed by atoms with Gasteiger partial charge in [0, 0.05) is 24.1 Å². The largest absolute Gasteiger partial charge is 0.378 e. The van der Waals surface area contributed by atoms with Gasteiger partial charge in [-0.2, -0.15) is 0 Å². The zero-order chi connectivity index (χ0) is 16.4. The lowest BCUT2D eigenvalue weighted by molar-refractivity contribution is -0.385. The van der Waals surface area contributed by atoms with Gasteiger partial charge in [-0.3, -0.25) is 14.9 Å². The molecular weight excluding hydrogens is 296 g/mol. The highest BCUT2D eigenvalue weighted by molar-refractivity contribution is 5.98. The van der Waals surface area contributed by atoms with E-state index in [1.807, 2.05) is 6.92 Å². The SMILES string of the molecule is CCO[C@H]1C[C@@H](NC(=O)c2ccccc2[N+](=O)[O-])C12CCCC2. The van der Waals surface area contributed by atoms with Gasteiger partial charge in [0.1, 0.15) is 5.56 Å². The van der Waals surface area contributed by atoms with Gasteiger partial charge in [0.2, 0.25) is 0 Å². The minimum Gasteiger partial charge on any atom is -0.378 e. The van der Waals surface area contributed by atoms with Gasteiger partial charge in [0.25, 0.3) is 11.6 Å². The van der Waals surface area contributed by atoms with Gasteiger partial charge in [-0.25, -0.2) is 0 Å². The monoisotopic (exact) mass is 318 g/mol. The smallest absolute Gasteiger partial charge is 0.282 e. The molecule has 0 unspecified atom stereocenters. The summed E-state index contributed by atoms with van der Waals surface area (Å²) in [4.78, 5) is 23.1. The van der Waals surface area contributed by atoms with Crippen molar-refractivity contribution in [3.05, 3.63) is 39.9 Å². The third kappa shape index (κ3) is 2.72. The van der Waals surface area contributed by atoms with Crippen molar-refractivity contribution >= 4 is 11.6 Å². The van der Waals surface area contributed by atoms with Crippen LogP contribution in [0, 0.1) is 15.5 Å². The number of amides is 1. The fourth-order valence-electron chi connectivity index (χ4n) is 4.15. The van der Waals surface area contributed by atoms with Crippen LogP contribution in [0.3, 0.4) is 0 Å². The first-order valence-electron chi connectivity index (χ1n) is 8.24. The number of nitro groups is 1. The van der Waals surface area contributed by atoms with Gasteiger partial charge >= 0.3 is 0 Å². The molecule has 23 heavy (non-hydrogen) atoms.